The number of amides is 2. The largest absolute Gasteiger partial charge is 0.377 e. The van der Waals surface area contributed by atoms with Gasteiger partial charge in [0.25, 0.3) is 11.8 Å². The maximum absolute atomic E-state index is 13.5. The summed E-state index contributed by atoms with van der Waals surface area (Å²) >= 11 is 0. The molecule has 0 aliphatic carbocycles. The van der Waals surface area contributed by atoms with E-state index in [1.165, 1.54) is 4.90 Å². The third-order valence-electron chi connectivity index (χ3n) is 6.31. The van der Waals surface area contributed by atoms with Gasteiger partial charge in [0.05, 0.1) is 11.4 Å². The number of hydrogen-bond donors (Lipinski definition) is 0. The first kappa shape index (κ1) is 22.7. The van der Waals surface area contributed by atoms with Gasteiger partial charge in [0, 0.05) is 80.3 Å². The van der Waals surface area contributed by atoms with Crippen LogP contribution in [0.25, 0.3) is 10.8 Å². The topological polar surface area (TPSA) is 69.6 Å². The van der Waals surface area contributed by atoms with Crippen LogP contribution in [0.1, 0.15) is 32.1 Å². The van der Waals surface area contributed by atoms with Crippen LogP contribution in [-0.4, -0.2) is 58.8 Å². The number of hydrogen-bond acceptors (Lipinski definition) is 6. The van der Waals surface area contributed by atoms with Crippen molar-refractivity contribution in [2.24, 2.45) is 0 Å². The van der Waals surface area contributed by atoms with E-state index >= 15 is 0 Å². The SMILES string of the molecule is CN(C)c1ccc2c3c(cccc13)C(=O)N(CCN(Cc1ccccn1)Cc1ccccn1)C2=O. The van der Waals surface area contributed by atoms with Gasteiger partial charge in [-0.15, -0.1) is 0 Å². The van der Waals surface area contributed by atoms with E-state index in [9.17, 15) is 9.59 Å². The molecular formula is C28H27N5O2. The highest BCUT2D eigenvalue weighted by atomic mass is 16.2. The van der Waals surface area contributed by atoms with E-state index in [-0.39, 0.29) is 18.4 Å². The number of aromatic nitrogens is 2. The molecule has 0 bridgehead atoms. The van der Waals surface area contributed by atoms with Crippen LogP contribution in [-0.2, 0) is 13.1 Å². The van der Waals surface area contributed by atoms with Crippen LogP contribution in [0.15, 0.2) is 79.1 Å². The van der Waals surface area contributed by atoms with Crippen LogP contribution in [0.2, 0.25) is 0 Å². The molecule has 3 heterocycles. The molecule has 1 aliphatic heterocycles. The molecule has 7 heteroatoms. The fourth-order valence-corrected chi connectivity index (χ4v) is 4.62. The number of imide groups is 1. The van der Waals surface area contributed by atoms with Gasteiger partial charge < -0.3 is 4.90 Å². The molecule has 0 radical (unpaired) electrons. The first-order valence-electron chi connectivity index (χ1n) is 11.6. The average Bonchev–Trinajstić information content (AvgIpc) is 2.88. The summed E-state index contributed by atoms with van der Waals surface area (Å²) in [6.07, 6.45) is 3.54. The fraction of sp³-hybridized carbons (Fsp3) is 0.214. The Hall–Kier alpha value is -4.10. The van der Waals surface area contributed by atoms with E-state index in [1.807, 2.05) is 85.7 Å². The van der Waals surface area contributed by atoms with Gasteiger partial charge in [0.1, 0.15) is 0 Å². The second-order valence-corrected chi connectivity index (χ2v) is 8.87. The summed E-state index contributed by atoms with van der Waals surface area (Å²) in [5.74, 6) is -0.501. The van der Waals surface area contributed by atoms with E-state index in [2.05, 4.69) is 14.9 Å². The third-order valence-corrected chi connectivity index (χ3v) is 6.31. The Labute approximate surface area is 204 Å². The standard InChI is InChI=1S/C28H27N5O2/c1-31(2)25-13-12-24-26-22(25)10-7-11-23(26)27(34)33(28(24)35)17-16-32(18-20-8-3-5-14-29-20)19-21-9-4-6-15-30-21/h3-15H,16-19H2,1-2H3. The molecule has 0 fully saturated rings. The summed E-state index contributed by atoms with van der Waals surface area (Å²) in [4.78, 5) is 41.4. The highest BCUT2D eigenvalue weighted by Gasteiger charge is 2.33. The Morgan fingerprint density at radius 2 is 1.37 bits per heavy atom. The monoisotopic (exact) mass is 465 g/mol. The van der Waals surface area contributed by atoms with Crippen molar-refractivity contribution in [3.8, 4) is 0 Å². The maximum Gasteiger partial charge on any atom is 0.261 e. The lowest BCUT2D eigenvalue weighted by Gasteiger charge is -2.30. The first-order valence-corrected chi connectivity index (χ1v) is 11.6. The summed E-state index contributed by atoms with van der Waals surface area (Å²) < 4.78 is 0. The van der Waals surface area contributed by atoms with Crippen molar-refractivity contribution in [1.29, 1.82) is 0 Å². The van der Waals surface area contributed by atoms with Crippen LogP contribution in [0.3, 0.4) is 0 Å². The first-order chi connectivity index (χ1) is 17.0. The zero-order chi connectivity index (χ0) is 24.4. The number of pyridine rings is 2. The predicted molar refractivity (Wildman–Crippen MR) is 136 cm³/mol. The number of nitrogens with zero attached hydrogens (tertiary/aromatic N) is 5. The van der Waals surface area contributed by atoms with Crippen LogP contribution in [0, 0.1) is 0 Å². The number of rotatable bonds is 8. The lowest BCUT2D eigenvalue weighted by atomic mass is 9.93. The summed E-state index contributed by atoms with van der Waals surface area (Å²) in [6, 6.07) is 21.1. The van der Waals surface area contributed by atoms with Gasteiger partial charge in [0.15, 0.2) is 0 Å². The molecule has 0 atom stereocenters. The maximum atomic E-state index is 13.5. The Bertz CT molecular complexity index is 1310. The van der Waals surface area contributed by atoms with Crippen LogP contribution >= 0.6 is 0 Å². The van der Waals surface area contributed by atoms with Crippen molar-refractivity contribution in [3.05, 3.63) is 102 Å². The van der Waals surface area contributed by atoms with Crippen molar-refractivity contribution in [3.63, 3.8) is 0 Å². The molecule has 0 saturated heterocycles. The molecule has 35 heavy (non-hydrogen) atoms. The van der Waals surface area contributed by atoms with Crippen molar-refractivity contribution < 1.29 is 9.59 Å². The van der Waals surface area contributed by atoms with E-state index in [0.717, 1.165) is 27.8 Å². The Morgan fingerprint density at radius 3 is 1.94 bits per heavy atom. The van der Waals surface area contributed by atoms with Crippen LogP contribution in [0.4, 0.5) is 5.69 Å². The molecule has 2 aromatic carbocycles. The number of carbonyl (C=O) groups excluding carboxylic acids is 2. The van der Waals surface area contributed by atoms with Crippen molar-refractivity contribution >= 4 is 28.3 Å². The minimum Gasteiger partial charge on any atom is -0.377 e. The van der Waals surface area contributed by atoms with Crippen molar-refractivity contribution in [1.82, 2.24) is 19.8 Å². The van der Waals surface area contributed by atoms with Crippen LogP contribution < -0.4 is 4.90 Å². The van der Waals surface area contributed by atoms with Gasteiger partial charge in [-0.25, -0.2) is 0 Å². The minimum atomic E-state index is -0.250. The highest BCUT2D eigenvalue weighted by molar-refractivity contribution is 6.26. The van der Waals surface area contributed by atoms with Gasteiger partial charge >= 0.3 is 0 Å². The third kappa shape index (κ3) is 4.50. The smallest absolute Gasteiger partial charge is 0.261 e. The predicted octanol–water partition coefficient (Wildman–Crippen LogP) is 3.99. The van der Waals surface area contributed by atoms with Crippen molar-refractivity contribution in [2.45, 2.75) is 13.1 Å². The molecule has 2 amide bonds. The summed E-state index contributed by atoms with van der Waals surface area (Å²) in [7, 11) is 3.92. The van der Waals surface area contributed by atoms with E-state index in [0.29, 0.717) is 30.8 Å². The lowest BCUT2D eigenvalue weighted by molar-refractivity contribution is 0.0588. The summed E-state index contributed by atoms with van der Waals surface area (Å²) in [6.45, 7) is 1.96. The molecule has 2 aromatic heterocycles. The second kappa shape index (κ2) is 9.64. The quantitative estimate of drug-likeness (QED) is 0.367. The molecule has 5 rings (SSSR count). The number of carbonyl (C=O) groups is 2. The Balaban J connectivity index is 1.41. The zero-order valence-electron chi connectivity index (χ0n) is 19.9. The highest BCUT2D eigenvalue weighted by Crippen LogP contribution is 2.35. The van der Waals surface area contributed by atoms with E-state index < -0.39 is 0 Å². The second-order valence-electron chi connectivity index (χ2n) is 8.87. The molecule has 0 N–H and O–H groups in total. The molecular weight excluding hydrogens is 438 g/mol. The van der Waals surface area contributed by atoms with Gasteiger partial charge in [-0.05, 0) is 42.5 Å². The molecule has 4 aromatic rings. The summed E-state index contributed by atoms with van der Waals surface area (Å²) in [5, 5.41) is 1.65. The zero-order valence-corrected chi connectivity index (χ0v) is 19.9. The van der Waals surface area contributed by atoms with Gasteiger partial charge in [0.2, 0.25) is 0 Å². The van der Waals surface area contributed by atoms with Gasteiger partial charge in [-0.2, -0.15) is 0 Å². The number of anilines is 1. The molecule has 0 spiro atoms. The van der Waals surface area contributed by atoms with E-state index in [1.54, 1.807) is 12.4 Å². The minimum absolute atomic E-state index is 0.250. The normalized spacial score (nSPS) is 13.1. The Morgan fingerprint density at radius 1 is 0.743 bits per heavy atom. The lowest BCUT2D eigenvalue weighted by Crippen LogP contribution is -2.44. The molecule has 0 saturated carbocycles. The average molecular weight is 466 g/mol. The fourth-order valence-electron chi connectivity index (χ4n) is 4.62. The molecule has 7 nitrogen and oxygen atoms in total. The van der Waals surface area contributed by atoms with Gasteiger partial charge in [-0.3, -0.25) is 29.4 Å². The molecule has 176 valence electrons. The van der Waals surface area contributed by atoms with Crippen molar-refractivity contribution in [2.75, 3.05) is 32.1 Å². The summed E-state index contributed by atoms with van der Waals surface area (Å²) in [5.41, 5.74) is 3.97. The Kier molecular flexibility index (Phi) is 6.25. The van der Waals surface area contributed by atoms with Gasteiger partial charge in [-0.1, -0.05) is 24.3 Å². The van der Waals surface area contributed by atoms with Crippen LogP contribution in [0.5, 0.6) is 0 Å². The van der Waals surface area contributed by atoms with E-state index in [4.69, 9.17) is 0 Å². The molecule has 0 unspecified atom stereocenters. The number of benzene rings is 2. The molecule has 1 aliphatic rings.